The van der Waals surface area contributed by atoms with Gasteiger partial charge in [0.1, 0.15) is 0 Å². The minimum atomic E-state index is -4.36. The van der Waals surface area contributed by atoms with Crippen LogP contribution < -0.4 is 5.32 Å². The molecule has 0 aliphatic carbocycles. The van der Waals surface area contributed by atoms with Crippen molar-refractivity contribution < 1.29 is 13.2 Å². The molecule has 3 nitrogen and oxygen atoms in total. The van der Waals surface area contributed by atoms with Crippen molar-refractivity contribution in [2.24, 2.45) is 0 Å². The van der Waals surface area contributed by atoms with Gasteiger partial charge in [-0.3, -0.25) is 4.68 Å². The smallest absolute Gasteiger partial charge is 0.316 e. The van der Waals surface area contributed by atoms with E-state index in [9.17, 15) is 13.2 Å². The van der Waals surface area contributed by atoms with Crippen LogP contribution in [0.4, 0.5) is 13.2 Å². The lowest BCUT2D eigenvalue weighted by Gasteiger charge is -2.08. The van der Waals surface area contributed by atoms with Crippen molar-refractivity contribution in [3.05, 3.63) is 51.8 Å². The summed E-state index contributed by atoms with van der Waals surface area (Å²) in [5.41, 5.74) is 1.24. The Bertz CT molecular complexity index is 593. The molecule has 0 amide bonds. The topological polar surface area (TPSA) is 29.9 Å². The number of nitrogens with zero attached hydrogens (tertiary/aromatic N) is 2. The van der Waals surface area contributed by atoms with Crippen LogP contribution in [0.3, 0.4) is 0 Å². The molecule has 1 N–H and O–H groups in total. The van der Waals surface area contributed by atoms with Crippen molar-refractivity contribution in [1.29, 1.82) is 0 Å². The molecule has 2 rings (SSSR count). The predicted octanol–water partition coefficient (Wildman–Crippen LogP) is 3.43. The molecule has 0 aliphatic rings. The Morgan fingerprint density at radius 2 is 2.10 bits per heavy atom. The maximum absolute atomic E-state index is 12.5. The fourth-order valence-corrected chi connectivity index (χ4v) is 2.36. The number of alkyl halides is 3. The van der Waals surface area contributed by atoms with Crippen LogP contribution in [0.25, 0.3) is 0 Å². The third-order valence-corrected chi connectivity index (χ3v) is 3.53. The molecule has 0 bridgehead atoms. The number of aromatic nitrogens is 2. The molecule has 0 fully saturated rings. The Labute approximate surface area is 122 Å². The molecule has 108 valence electrons. The highest BCUT2D eigenvalue weighted by Crippen LogP contribution is 2.29. The summed E-state index contributed by atoms with van der Waals surface area (Å²) in [4.78, 5) is 0. The second-order valence-corrected chi connectivity index (χ2v) is 5.23. The van der Waals surface area contributed by atoms with Gasteiger partial charge in [0.15, 0.2) is 0 Å². The summed E-state index contributed by atoms with van der Waals surface area (Å²) >= 11 is 3.43. The van der Waals surface area contributed by atoms with Gasteiger partial charge in [-0.25, -0.2) is 0 Å². The quantitative estimate of drug-likeness (QED) is 0.918. The number of hydrogen-bond donors (Lipinski definition) is 1. The van der Waals surface area contributed by atoms with Crippen molar-refractivity contribution >= 4 is 15.9 Å². The lowest BCUT2D eigenvalue weighted by molar-refractivity contribution is -0.137. The zero-order valence-corrected chi connectivity index (χ0v) is 12.3. The van der Waals surface area contributed by atoms with Crippen molar-refractivity contribution in [3.63, 3.8) is 0 Å². The van der Waals surface area contributed by atoms with Crippen LogP contribution in [0, 0.1) is 0 Å². The van der Waals surface area contributed by atoms with Gasteiger partial charge in [0.25, 0.3) is 0 Å². The van der Waals surface area contributed by atoms with Gasteiger partial charge in [0, 0.05) is 17.2 Å². The van der Waals surface area contributed by atoms with Crippen LogP contribution in [0.1, 0.15) is 16.7 Å². The molecule has 0 saturated heterocycles. The molecular formula is C13H13BrF3N3. The van der Waals surface area contributed by atoms with Crippen LogP contribution in [0.5, 0.6) is 0 Å². The molecule has 0 aliphatic heterocycles. The molecule has 1 aromatic carbocycles. The first-order valence-electron chi connectivity index (χ1n) is 5.91. The second-order valence-electron chi connectivity index (χ2n) is 4.38. The Hall–Kier alpha value is -1.34. The van der Waals surface area contributed by atoms with E-state index in [0.717, 1.165) is 34.5 Å². The standard InChI is InChI=1S/C13H13BrF3N3/c1-18-5-9-2-3-10(12(14)4-9)7-20-8-11(6-19-20)13(15,16)17/h2-4,6,8,18H,5,7H2,1H3. The van der Waals surface area contributed by atoms with Gasteiger partial charge in [-0.15, -0.1) is 0 Å². The van der Waals surface area contributed by atoms with Crippen LogP contribution >= 0.6 is 15.9 Å². The molecule has 0 saturated carbocycles. The van der Waals surface area contributed by atoms with E-state index >= 15 is 0 Å². The molecule has 0 atom stereocenters. The highest BCUT2D eigenvalue weighted by atomic mass is 79.9. The van der Waals surface area contributed by atoms with Gasteiger partial charge in [0.05, 0.1) is 18.3 Å². The van der Waals surface area contributed by atoms with E-state index in [4.69, 9.17) is 0 Å². The first-order chi connectivity index (χ1) is 9.40. The van der Waals surface area contributed by atoms with Gasteiger partial charge in [0.2, 0.25) is 0 Å². The number of nitrogens with one attached hydrogen (secondary N) is 1. The molecule has 7 heteroatoms. The zero-order valence-electron chi connectivity index (χ0n) is 10.7. The van der Waals surface area contributed by atoms with Crippen LogP contribution in [-0.4, -0.2) is 16.8 Å². The summed E-state index contributed by atoms with van der Waals surface area (Å²) in [6.45, 7) is 1.02. The third-order valence-electron chi connectivity index (χ3n) is 2.79. The third kappa shape index (κ3) is 3.61. The first-order valence-corrected chi connectivity index (χ1v) is 6.71. The van der Waals surface area contributed by atoms with Gasteiger partial charge in [-0.1, -0.05) is 28.1 Å². The van der Waals surface area contributed by atoms with E-state index < -0.39 is 11.7 Å². The summed E-state index contributed by atoms with van der Waals surface area (Å²) in [7, 11) is 1.85. The van der Waals surface area contributed by atoms with Crippen LogP contribution in [-0.2, 0) is 19.3 Å². The maximum atomic E-state index is 12.5. The number of benzene rings is 1. The number of hydrogen-bond acceptors (Lipinski definition) is 2. The van der Waals surface area contributed by atoms with E-state index in [1.807, 2.05) is 25.2 Å². The van der Waals surface area contributed by atoms with Crippen LogP contribution in [0.2, 0.25) is 0 Å². The molecule has 0 spiro atoms. The lowest BCUT2D eigenvalue weighted by Crippen LogP contribution is -2.06. The van der Waals surface area contributed by atoms with Gasteiger partial charge in [-0.05, 0) is 24.2 Å². The highest BCUT2D eigenvalue weighted by molar-refractivity contribution is 9.10. The summed E-state index contributed by atoms with van der Waals surface area (Å²) in [6, 6.07) is 5.76. The van der Waals surface area contributed by atoms with Crippen molar-refractivity contribution in [3.8, 4) is 0 Å². The minimum absolute atomic E-state index is 0.288. The van der Waals surface area contributed by atoms with Gasteiger partial charge in [-0.2, -0.15) is 18.3 Å². The van der Waals surface area contributed by atoms with E-state index in [-0.39, 0.29) is 6.54 Å². The lowest BCUT2D eigenvalue weighted by atomic mass is 10.1. The average Bonchev–Trinajstić information content (AvgIpc) is 2.81. The molecule has 1 heterocycles. The fraction of sp³-hybridized carbons (Fsp3) is 0.308. The molecular weight excluding hydrogens is 335 g/mol. The van der Waals surface area contributed by atoms with Crippen LogP contribution in [0.15, 0.2) is 35.1 Å². The van der Waals surface area contributed by atoms with Gasteiger partial charge >= 0.3 is 6.18 Å². The van der Waals surface area contributed by atoms with Crippen molar-refractivity contribution in [1.82, 2.24) is 15.1 Å². The second kappa shape index (κ2) is 5.97. The summed E-state index contributed by atoms with van der Waals surface area (Å²) in [6.07, 6.45) is -2.51. The minimum Gasteiger partial charge on any atom is -0.316 e. The molecule has 20 heavy (non-hydrogen) atoms. The Kier molecular flexibility index (Phi) is 4.49. The summed E-state index contributed by atoms with van der Waals surface area (Å²) in [5, 5.41) is 6.78. The molecule has 0 radical (unpaired) electrons. The summed E-state index contributed by atoms with van der Waals surface area (Å²) in [5.74, 6) is 0. The summed E-state index contributed by atoms with van der Waals surface area (Å²) < 4.78 is 39.6. The largest absolute Gasteiger partial charge is 0.419 e. The first kappa shape index (κ1) is 15.1. The highest BCUT2D eigenvalue weighted by Gasteiger charge is 2.32. The monoisotopic (exact) mass is 347 g/mol. The average molecular weight is 348 g/mol. The van der Waals surface area contributed by atoms with E-state index in [2.05, 4.69) is 26.3 Å². The normalized spacial score (nSPS) is 11.8. The fourth-order valence-electron chi connectivity index (χ4n) is 1.80. The van der Waals surface area contributed by atoms with Crippen molar-refractivity contribution in [2.75, 3.05) is 7.05 Å². The van der Waals surface area contributed by atoms with E-state index in [1.165, 1.54) is 4.68 Å². The number of rotatable bonds is 4. The Balaban J connectivity index is 2.16. The SMILES string of the molecule is CNCc1ccc(Cn2cc(C(F)(F)F)cn2)c(Br)c1. The molecule has 2 aromatic rings. The van der Waals surface area contributed by atoms with Crippen molar-refractivity contribution in [2.45, 2.75) is 19.3 Å². The number of halogens is 4. The van der Waals surface area contributed by atoms with E-state index in [0.29, 0.717) is 0 Å². The van der Waals surface area contributed by atoms with Gasteiger partial charge < -0.3 is 5.32 Å². The Morgan fingerprint density at radius 3 is 2.65 bits per heavy atom. The van der Waals surface area contributed by atoms with E-state index in [1.54, 1.807) is 0 Å². The molecule has 1 aromatic heterocycles. The molecule has 0 unspecified atom stereocenters. The maximum Gasteiger partial charge on any atom is 0.419 e. The predicted molar refractivity (Wildman–Crippen MR) is 73.2 cm³/mol. The Morgan fingerprint density at radius 1 is 1.35 bits per heavy atom. The zero-order chi connectivity index (χ0) is 14.8.